The summed E-state index contributed by atoms with van der Waals surface area (Å²) in [7, 11) is -3.88. The van der Waals surface area contributed by atoms with E-state index in [-0.39, 0.29) is 34.3 Å². The van der Waals surface area contributed by atoms with Crippen molar-refractivity contribution in [3.63, 3.8) is 0 Å². The Balaban J connectivity index is 1.78. The number of ketones is 1. The van der Waals surface area contributed by atoms with Crippen molar-refractivity contribution in [1.29, 1.82) is 0 Å². The Hall–Kier alpha value is -4.12. The van der Waals surface area contributed by atoms with E-state index in [4.69, 9.17) is 0 Å². The first kappa shape index (κ1) is 24.0. The number of benzene rings is 2. The summed E-state index contributed by atoms with van der Waals surface area (Å²) in [5.74, 6) is -4.88. The van der Waals surface area contributed by atoms with Crippen LogP contribution in [0, 0.1) is 11.6 Å². The average molecular weight is 499 g/mol. The van der Waals surface area contributed by atoms with Crippen LogP contribution in [0.15, 0.2) is 54.9 Å². The maximum Gasteiger partial charge on any atom is 0.335 e. The van der Waals surface area contributed by atoms with Gasteiger partial charge in [0.25, 0.3) is 0 Å². The van der Waals surface area contributed by atoms with Crippen LogP contribution in [0.5, 0.6) is 0 Å². The van der Waals surface area contributed by atoms with Gasteiger partial charge >= 0.3 is 5.97 Å². The molecule has 0 saturated heterocycles. The quantitative estimate of drug-likeness (QED) is 0.304. The summed E-state index contributed by atoms with van der Waals surface area (Å²) in [5, 5.41) is 9.49. The molecular weight excluding hydrogens is 480 g/mol. The first-order valence-electron chi connectivity index (χ1n) is 10.5. The minimum absolute atomic E-state index is 0.0550. The van der Waals surface area contributed by atoms with Crippen molar-refractivity contribution in [1.82, 2.24) is 9.97 Å². The van der Waals surface area contributed by atoms with Gasteiger partial charge in [0.05, 0.1) is 22.6 Å². The number of sulfonamides is 1. The number of H-pyrrole nitrogens is 1. The van der Waals surface area contributed by atoms with Crippen LogP contribution in [0.25, 0.3) is 22.2 Å². The molecule has 0 bridgehead atoms. The number of anilines is 1. The molecule has 0 spiro atoms. The van der Waals surface area contributed by atoms with Crippen LogP contribution < -0.4 is 4.72 Å². The van der Waals surface area contributed by atoms with E-state index < -0.39 is 44.7 Å². The van der Waals surface area contributed by atoms with E-state index in [0.717, 1.165) is 12.1 Å². The van der Waals surface area contributed by atoms with Crippen molar-refractivity contribution in [3.8, 4) is 11.1 Å². The number of halogens is 2. The van der Waals surface area contributed by atoms with Crippen LogP contribution in [-0.4, -0.2) is 41.0 Å². The third-order valence-electron chi connectivity index (χ3n) is 5.28. The Bertz CT molecular complexity index is 1580. The first-order chi connectivity index (χ1) is 16.6. The van der Waals surface area contributed by atoms with Gasteiger partial charge in [-0.15, -0.1) is 0 Å². The van der Waals surface area contributed by atoms with Gasteiger partial charge in [0, 0.05) is 28.9 Å². The molecule has 0 aliphatic rings. The number of nitrogens with one attached hydrogen (secondary N) is 2. The van der Waals surface area contributed by atoms with Gasteiger partial charge in [0.15, 0.2) is 5.82 Å². The number of rotatable bonds is 8. The third-order valence-corrected chi connectivity index (χ3v) is 6.75. The van der Waals surface area contributed by atoms with E-state index in [2.05, 4.69) is 9.97 Å². The topological polar surface area (TPSA) is 129 Å². The van der Waals surface area contributed by atoms with Crippen LogP contribution in [0.3, 0.4) is 0 Å². The third kappa shape index (κ3) is 4.76. The monoisotopic (exact) mass is 499 g/mol. The fraction of sp³-hybridized carbons (Fsp3) is 0.125. The highest BCUT2D eigenvalue weighted by atomic mass is 32.2. The minimum atomic E-state index is -3.88. The van der Waals surface area contributed by atoms with Gasteiger partial charge in [-0.25, -0.2) is 27.0 Å². The van der Waals surface area contributed by atoms with E-state index in [0.29, 0.717) is 11.1 Å². The molecule has 8 nitrogen and oxygen atoms in total. The van der Waals surface area contributed by atoms with E-state index in [9.17, 15) is 27.5 Å². The molecule has 2 aromatic heterocycles. The molecule has 2 heterocycles. The van der Waals surface area contributed by atoms with Crippen LogP contribution in [-0.2, 0) is 10.0 Å². The summed E-state index contributed by atoms with van der Waals surface area (Å²) >= 11 is 0. The number of carbonyl (C=O) groups is 2. The lowest BCUT2D eigenvalue weighted by atomic mass is 9.99. The molecule has 35 heavy (non-hydrogen) atoms. The number of aromatic nitrogens is 2. The molecule has 0 atom stereocenters. The van der Waals surface area contributed by atoms with Gasteiger partial charge in [-0.3, -0.25) is 9.52 Å². The highest BCUT2D eigenvalue weighted by Crippen LogP contribution is 2.30. The van der Waals surface area contributed by atoms with Crippen molar-refractivity contribution in [3.05, 3.63) is 83.2 Å². The van der Waals surface area contributed by atoms with E-state index in [1.807, 2.05) is 4.72 Å². The number of pyridine rings is 1. The molecule has 3 N–H and O–H groups in total. The molecule has 11 heteroatoms. The molecule has 2 aromatic carbocycles. The average Bonchev–Trinajstić information content (AvgIpc) is 3.24. The normalized spacial score (nSPS) is 11.5. The summed E-state index contributed by atoms with van der Waals surface area (Å²) < 4.78 is 55.9. The Labute approximate surface area is 198 Å². The van der Waals surface area contributed by atoms with Crippen molar-refractivity contribution >= 4 is 38.5 Å². The van der Waals surface area contributed by atoms with Crippen LogP contribution >= 0.6 is 0 Å². The first-order valence-corrected chi connectivity index (χ1v) is 12.1. The van der Waals surface area contributed by atoms with Gasteiger partial charge < -0.3 is 10.1 Å². The second kappa shape index (κ2) is 9.26. The zero-order valence-corrected chi connectivity index (χ0v) is 19.1. The summed E-state index contributed by atoms with van der Waals surface area (Å²) in [6.07, 6.45) is 3.01. The molecule has 4 aromatic rings. The number of carbonyl (C=O) groups excluding carboxylic acids is 1. The number of nitrogens with zero attached hydrogens (tertiary/aromatic N) is 1. The van der Waals surface area contributed by atoms with E-state index in [1.54, 1.807) is 25.1 Å². The molecule has 0 unspecified atom stereocenters. The van der Waals surface area contributed by atoms with E-state index in [1.165, 1.54) is 24.5 Å². The Morgan fingerprint density at radius 3 is 2.60 bits per heavy atom. The second-order valence-corrected chi connectivity index (χ2v) is 9.58. The molecule has 0 saturated carbocycles. The minimum Gasteiger partial charge on any atom is -0.478 e. The zero-order valence-electron chi connectivity index (χ0n) is 18.3. The summed E-state index contributed by atoms with van der Waals surface area (Å²) in [6, 6.07) is 9.36. The number of fused-ring (bicyclic) bond motifs is 1. The van der Waals surface area contributed by atoms with Crippen LogP contribution in [0.4, 0.5) is 14.5 Å². The molecule has 0 radical (unpaired) electrons. The molecule has 0 aliphatic carbocycles. The van der Waals surface area contributed by atoms with Crippen LogP contribution in [0.2, 0.25) is 0 Å². The fourth-order valence-corrected chi connectivity index (χ4v) is 4.77. The molecular formula is C24H19F2N3O5S. The number of carboxylic acids is 1. The van der Waals surface area contributed by atoms with Crippen molar-refractivity contribution in [2.24, 2.45) is 0 Å². The van der Waals surface area contributed by atoms with Gasteiger partial charge in [0.1, 0.15) is 11.5 Å². The standard InChI is InChI=1S/C24H19F2N3O5S/c1-2-8-35(33,34)29-19-7-6-18(25)20(21(19)26)22(30)17-12-28-23-16(17)10-15(11-27-23)13-4-3-5-14(9-13)24(31)32/h3-7,9-12,29H,2,8H2,1H3,(H,27,28)(H,31,32). The molecule has 0 amide bonds. The number of carboxylic acid groups (broad SMARTS) is 1. The summed E-state index contributed by atoms with van der Waals surface area (Å²) in [4.78, 5) is 31.5. The predicted molar refractivity (Wildman–Crippen MR) is 126 cm³/mol. The van der Waals surface area contributed by atoms with E-state index >= 15 is 4.39 Å². The lowest BCUT2D eigenvalue weighted by molar-refractivity contribution is 0.0696. The smallest absolute Gasteiger partial charge is 0.335 e. The molecule has 0 aliphatic heterocycles. The second-order valence-electron chi connectivity index (χ2n) is 7.74. The number of hydrogen-bond acceptors (Lipinski definition) is 5. The molecule has 180 valence electrons. The summed E-state index contributed by atoms with van der Waals surface area (Å²) in [5.41, 5.74) is -0.213. The number of aromatic carboxylic acids is 1. The van der Waals surface area contributed by atoms with Gasteiger partial charge in [-0.1, -0.05) is 19.1 Å². The highest BCUT2D eigenvalue weighted by molar-refractivity contribution is 7.92. The Morgan fingerprint density at radius 2 is 1.89 bits per heavy atom. The van der Waals surface area contributed by atoms with Gasteiger partial charge in [-0.05, 0) is 42.3 Å². The van der Waals surface area contributed by atoms with Gasteiger partial charge in [0.2, 0.25) is 15.8 Å². The Kier molecular flexibility index (Phi) is 6.35. The van der Waals surface area contributed by atoms with Crippen molar-refractivity contribution < 1.29 is 31.9 Å². The zero-order chi connectivity index (χ0) is 25.3. The van der Waals surface area contributed by atoms with Crippen LogP contribution in [0.1, 0.15) is 39.6 Å². The van der Waals surface area contributed by atoms with Gasteiger partial charge in [-0.2, -0.15) is 0 Å². The van der Waals surface area contributed by atoms with Crippen molar-refractivity contribution in [2.45, 2.75) is 13.3 Å². The lowest BCUT2D eigenvalue weighted by Gasteiger charge is -2.11. The summed E-state index contributed by atoms with van der Waals surface area (Å²) in [6.45, 7) is 1.63. The highest BCUT2D eigenvalue weighted by Gasteiger charge is 2.26. The van der Waals surface area contributed by atoms with Crippen molar-refractivity contribution in [2.75, 3.05) is 10.5 Å². The number of hydrogen-bond donors (Lipinski definition) is 3. The Morgan fingerprint density at radius 1 is 1.11 bits per heavy atom. The fourth-order valence-electron chi connectivity index (χ4n) is 3.64. The predicted octanol–water partition coefficient (Wildman–Crippen LogP) is 4.59. The number of aromatic amines is 1. The maximum absolute atomic E-state index is 15.1. The molecule has 4 rings (SSSR count). The largest absolute Gasteiger partial charge is 0.478 e. The molecule has 0 fully saturated rings. The lowest BCUT2D eigenvalue weighted by Crippen LogP contribution is -2.18. The SMILES string of the molecule is CCCS(=O)(=O)Nc1ccc(F)c(C(=O)c2c[nH]c3ncc(-c4cccc(C(=O)O)c4)cc23)c1F. The maximum atomic E-state index is 15.1.